The lowest BCUT2D eigenvalue weighted by Crippen LogP contribution is -2.03. The molecule has 5 nitrogen and oxygen atoms in total. The summed E-state index contributed by atoms with van der Waals surface area (Å²) in [5.74, 6) is 0. The molecule has 0 aliphatic heterocycles. The standard InChI is InChI=1S/C10H6BrNO4/c11-5-6-1-2-7(12(14)15)9-8(13)3-4-16-10(6)9/h1-4H,5H2. The molecular weight excluding hydrogens is 278 g/mol. The third-order valence-corrected chi connectivity index (χ3v) is 2.81. The first-order chi connectivity index (χ1) is 7.65. The third kappa shape index (κ3) is 1.61. The van der Waals surface area contributed by atoms with Gasteiger partial charge < -0.3 is 4.42 Å². The molecule has 6 heteroatoms. The quantitative estimate of drug-likeness (QED) is 0.482. The topological polar surface area (TPSA) is 73.3 Å². The summed E-state index contributed by atoms with van der Waals surface area (Å²) < 4.78 is 5.17. The van der Waals surface area contributed by atoms with E-state index in [-0.39, 0.29) is 16.7 Å². The van der Waals surface area contributed by atoms with Gasteiger partial charge in [-0.1, -0.05) is 15.9 Å². The van der Waals surface area contributed by atoms with Crippen LogP contribution >= 0.6 is 15.9 Å². The average molecular weight is 284 g/mol. The lowest BCUT2D eigenvalue weighted by molar-refractivity contribution is -0.383. The number of alkyl halides is 1. The molecule has 0 atom stereocenters. The van der Waals surface area contributed by atoms with Crippen molar-refractivity contribution in [2.75, 3.05) is 0 Å². The fourth-order valence-electron chi connectivity index (χ4n) is 1.49. The van der Waals surface area contributed by atoms with E-state index < -0.39 is 10.4 Å². The Balaban J connectivity index is 2.98. The van der Waals surface area contributed by atoms with Crippen molar-refractivity contribution in [1.82, 2.24) is 0 Å². The summed E-state index contributed by atoms with van der Waals surface area (Å²) in [4.78, 5) is 21.8. The molecule has 0 saturated heterocycles. The summed E-state index contributed by atoms with van der Waals surface area (Å²) in [6.07, 6.45) is 1.24. The van der Waals surface area contributed by atoms with Crippen LogP contribution in [0.3, 0.4) is 0 Å². The third-order valence-electron chi connectivity index (χ3n) is 2.21. The normalized spacial score (nSPS) is 10.6. The molecule has 0 fully saturated rings. The SMILES string of the molecule is O=c1ccoc2c(CBr)ccc([N+](=O)[O-])c12. The van der Waals surface area contributed by atoms with Crippen LogP contribution in [0.15, 0.2) is 33.7 Å². The Bertz CT molecular complexity index is 620. The molecule has 1 aromatic carbocycles. The van der Waals surface area contributed by atoms with Crippen LogP contribution in [-0.4, -0.2) is 4.92 Å². The predicted octanol–water partition coefficient (Wildman–Crippen LogP) is 2.60. The number of non-ortho nitro benzene ring substituents is 1. The zero-order valence-corrected chi connectivity index (χ0v) is 9.56. The molecule has 0 aliphatic rings. The van der Waals surface area contributed by atoms with Gasteiger partial charge in [0.15, 0.2) is 5.43 Å². The molecule has 0 unspecified atom stereocenters. The number of halogens is 1. The maximum Gasteiger partial charge on any atom is 0.284 e. The summed E-state index contributed by atoms with van der Waals surface area (Å²) in [5, 5.41) is 11.3. The first-order valence-electron chi connectivity index (χ1n) is 4.39. The van der Waals surface area contributed by atoms with E-state index in [9.17, 15) is 14.9 Å². The van der Waals surface area contributed by atoms with Crippen molar-refractivity contribution in [2.24, 2.45) is 0 Å². The number of nitro groups is 1. The maximum atomic E-state index is 11.6. The summed E-state index contributed by atoms with van der Waals surface area (Å²) in [6, 6.07) is 4.06. The van der Waals surface area contributed by atoms with Crippen LogP contribution in [0.4, 0.5) is 5.69 Å². The van der Waals surface area contributed by atoms with Crippen molar-refractivity contribution in [3.63, 3.8) is 0 Å². The first kappa shape index (κ1) is 10.8. The van der Waals surface area contributed by atoms with E-state index in [1.165, 1.54) is 18.4 Å². The van der Waals surface area contributed by atoms with Gasteiger partial charge in [-0.3, -0.25) is 14.9 Å². The van der Waals surface area contributed by atoms with Gasteiger partial charge in [-0.05, 0) is 6.07 Å². The van der Waals surface area contributed by atoms with Crippen molar-refractivity contribution in [3.8, 4) is 0 Å². The smallest absolute Gasteiger partial charge is 0.284 e. The summed E-state index contributed by atoms with van der Waals surface area (Å²) in [7, 11) is 0. The van der Waals surface area contributed by atoms with Crippen LogP contribution in [0, 0.1) is 10.1 Å². The molecule has 0 N–H and O–H groups in total. The lowest BCUT2D eigenvalue weighted by Gasteiger charge is -2.01. The molecule has 2 rings (SSSR count). The van der Waals surface area contributed by atoms with E-state index in [0.29, 0.717) is 10.9 Å². The predicted molar refractivity (Wildman–Crippen MR) is 61.8 cm³/mol. The average Bonchev–Trinajstić information content (AvgIpc) is 2.28. The Morgan fingerprint density at radius 1 is 1.38 bits per heavy atom. The first-order valence-corrected chi connectivity index (χ1v) is 5.51. The molecule has 1 aromatic heterocycles. The molecule has 2 aromatic rings. The molecule has 0 saturated carbocycles. The van der Waals surface area contributed by atoms with Crippen molar-refractivity contribution >= 4 is 32.6 Å². The zero-order valence-electron chi connectivity index (χ0n) is 7.97. The molecule has 0 radical (unpaired) electrons. The Hall–Kier alpha value is -1.69. The highest BCUT2D eigenvalue weighted by atomic mass is 79.9. The van der Waals surface area contributed by atoms with Crippen molar-refractivity contribution < 1.29 is 9.34 Å². The zero-order chi connectivity index (χ0) is 11.7. The van der Waals surface area contributed by atoms with Gasteiger partial charge in [-0.25, -0.2) is 0 Å². The largest absolute Gasteiger partial charge is 0.463 e. The van der Waals surface area contributed by atoms with Crippen molar-refractivity contribution in [2.45, 2.75) is 5.33 Å². The Kier molecular flexibility index (Phi) is 2.74. The van der Waals surface area contributed by atoms with E-state index in [4.69, 9.17) is 4.42 Å². The fraction of sp³-hybridized carbons (Fsp3) is 0.100. The van der Waals surface area contributed by atoms with Gasteiger partial charge in [-0.2, -0.15) is 0 Å². The number of fused-ring (bicyclic) bond motifs is 1. The fourth-order valence-corrected chi connectivity index (χ4v) is 1.93. The van der Waals surface area contributed by atoms with Crippen LogP contribution < -0.4 is 5.43 Å². The van der Waals surface area contributed by atoms with Crippen LogP contribution in [0.2, 0.25) is 0 Å². The Morgan fingerprint density at radius 3 is 2.75 bits per heavy atom. The monoisotopic (exact) mass is 283 g/mol. The molecule has 0 amide bonds. The minimum Gasteiger partial charge on any atom is -0.463 e. The van der Waals surface area contributed by atoms with Crippen LogP contribution in [0.1, 0.15) is 5.56 Å². The molecular formula is C10H6BrNO4. The van der Waals surface area contributed by atoms with Gasteiger partial charge in [0.1, 0.15) is 11.0 Å². The van der Waals surface area contributed by atoms with E-state index in [0.717, 1.165) is 0 Å². The van der Waals surface area contributed by atoms with Crippen molar-refractivity contribution in [1.29, 1.82) is 0 Å². The minimum atomic E-state index is -0.586. The number of rotatable bonds is 2. The molecule has 0 bridgehead atoms. The number of nitrogens with zero attached hydrogens (tertiary/aromatic N) is 1. The van der Waals surface area contributed by atoms with Gasteiger partial charge in [0, 0.05) is 23.0 Å². The maximum absolute atomic E-state index is 11.6. The van der Waals surface area contributed by atoms with E-state index >= 15 is 0 Å². The summed E-state index contributed by atoms with van der Waals surface area (Å²) >= 11 is 3.23. The Labute approximate surface area is 98.0 Å². The summed E-state index contributed by atoms with van der Waals surface area (Å²) in [6.45, 7) is 0. The molecule has 0 spiro atoms. The number of hydrogen-bond acceptors (Lipinski definition) is 4. The van der Waals surface area contributed by atoms with E-state index in [2.05, 4.69) is 15.9 Å². The number of hydrogen-bond donors (Lipinski definition) is 0. The number of nitro benzene ring substituents is 1. The van der Waals surface area contributed by atoms with Crippen LogP contribution in [-0.2, 0) is 5.33 Å². The van der Waals surface area contributed by atoms with Gasteiger partial charge in [-0.15, -0.1) is 0 Å². The summed E-state index contributed by atoms with van der Waals surface area (Å²) in [5.41, 5.74) is 0.335. The highest BCUT2D eigenvalue weighted by molar-refractivity contribution is 9.08. The van der Waals surface area contributed by atoms with Crippen LogP contribution in [0.25, 0.3) is 11.0 Å². The highest BCUT2D eigenvalue weighted by Crippen LogP contribution is 2.26. The van der Waals surface area contributed by atoms with Gasteiger partial charge in [0.25, 0.3) is 5.69 Å². The Morgan fingerprint density at radius 2 is 2.12 bits per heavy atom. The van der Waals surface area contributed by atoms with Crippen molar-refractivity contribution in [3.05, 3.63) is 50.4 Å². The lowest BCUT2D eigenvalue weighted by atomic mass is 10.1. The van der Waals surface area contributed by atoms with E-state index in [1.807, 2.05) is 0 Å². The highest BCUT2D eigenvalue weighted by Gasteiger charge is 2.18. The molecule has 16 heavy (non-hydrogen) atoms. The molecule has 0 aliphatic carbocycles. The van der Waals surface area contributed by atoms with E-state index in [1.54, 1.807) is 6.07 Å². The second kappa shape index (κ2) is 4.05. The molecule has 1 heterocycles. The minimum absolute atomic E-state index is 0.0180. The van der Waals surface area contributed by atoms with Gasteiger partial charge >= 0.3 is 0 Å². The van der Waals surface area contributed by atoms with Gasteiger partial charge in [0.05, 0.1) is 11.2 Å². The molecule has 82 valence electrons. The van der Waals surface area contributed by atoms with Crippen LogP contribution in [0.5, 0.6) is 0 Å². The number of benzene rings is 1. The second-order valence-electron chi connectivity index (χ2n) is 3.12. The second-order valence-corrected chi connectivity index (χ2v) is 3.68. The van der Waals surface area contributed by atoms with Gasteiger partial charge in [0.2, 0.25) is 0 Å².